The molecule has 4 aliphatic carbocycles. The van der Waals surface area contributed by atoms with Gasteiger partial charge in [-0.15, -0.1) is 0 Å². The highest BCUT2D eigenvalue weighted by Crippen LogP contribution is 2.53. The number of nitrogens with zero attached hydrogens (tertiary/aromatic N) is 1. The molecule has 5 unspecified atom stereocenters. The van der Waals surface area contributed by atoms with Crippen LogP contribution in [0, 0.1) is 23.7 Å². The van der Waals surface area contributed by atoms with Crippen molar-refractivity contribution in [2.45, 2.75) is 82.5 Å². The molecule has 4 saturated carbocycles. The normalized spacial score (nSPS) is 34.3. The summed E-state index contributed by atoms with van der Waals surface area (Å²) in [5, 5.41) is 3.41. The lowest BCUT2D eigenvalue weighted by Gasteiger charge is -2.29. The van der Waals surface area contributed by atoms with Gasteiger partial charge in [-0.1, -0.05) is 6.07 Å². The molecule has 3 bridgehead atoms. The zero-order valence-corrected chi connectivity index (χ0v) is 19.9. The SMILES string of the molecule is O=C(NC1CCC2CC3CC(C2)C1C3)c1ccc(OC2CCC(Oc3ccccn3)CC2)cc1. The van der Waals surface area contributed by atoms with Crippen molar-refractivity contribution in [1.82, 2.24) is 10.3 Å². The zero-order valence-electron chi connectivity index (χ0n) is 19.9. The first-order chi connectivity index (χ1) is 16.7. The van der Waals surface area contributed by atoms with Crippen LogP contribution in [0.3, 0.4) is 0 Å². The summed E-state index contributed by atoms with van der Waals surface area (Å²) >= 11 is 0. The third kappa shape index (κ3) is 4.80. The fourth-order valence-electron chi connectivity index (χ4n) is 7.26. The van der Waals surface area contributed by atoms with E-state index in [-0.39, 0.29) is 18.1 Å². The number of hydrogen-bond donors (Lipinski definition) is 1. The number of fused-ring (bicyclic) bond motifs is 2. The average molecular weight is 461 g/mol. The lowest BCUT2D eigenvalue weighted by molar-refractivity contribution is 0.0779. The maximum Gasteiger partial charge on any atom is 0.251 e. The minimum absolute atomic E-state index is 0.0740. The maximum atomic E-state index is 13.0. The van der Waals surface area contributed by atoms with Crippen LogP contribution < -0.4 is 14.8 Å². The number of ether oxygens (including phenoxy) is 2. The van der Waals surface area contributed by atoms with Gasteiger partial charge in [-0.05, 0) is 118 Å². The first kappa shape index (κ1) is 21.9. The van der Waals surface area contributed by atoms with E-state index in [2.05, 4.69) is 10.3 Å². The summed E-state index contributed by atoms with van der Waals surface area (Å²) in [6, 6.07) is 13.8. The molecule has 1 aromatic heterocycles. The fourth-order valence-corrected chi connectivity index (χ4v) is 7.26. The van der Waals surface area contributed by atoms with Gasteiger partial charge in [-0.2, -0.15) is 0 Å². The Morgan fingerprint density at radius 2 is 1.56 bits per heavy atom. The van der Waals surface area contributed by atoms with Crippen LogP contribution in [-0.2, 0) is 0 Å². The van der Waals surface area contributed by atoms with Crippen LogP contribution >= 0.6 is 0 Å². The number of amides is 1. The van der Waals surface area contributed by atoms with E-state index in [0.29, 0.717) is 17.8 Å². The Balaban J connectivity index is 0.993. The van der Waals surface area contributed by atoms with Gasteiger partial charge in [0.15, 0.2) is 0 Å². The van der Waals surface area contributed by atoms with Crippen LogP contribution in [-0.4, -0.2) is 29.1 Å². The van der Waals surface area contributed by atoms with Gasteiger partial charge < -0.3 is 14.8 Å². The molecule has 1 amide bonds. The number of hydrogen-bond acceptors (Lipinski definition) is 4. The molecule has 5 nitrogen and oxygen atoms in total. The summed E-state index contributed by atoms with van der Waals surface area (Å²) in [7, 11) is 0. The molecule has 2 aromatic rings. The number of aromatic nitrogens is 1. The van der Waals surface area contributed by atoms with Crippen LogP contribution in [0.2, 0.25) is 0 Å². The highest BCUT2D eigenvalue weighted by molar-refractivity contribution is 5.94. The first-order valence-corrected chi connectivity index (χ1v) is 13.3. The van der Waals surface area contributed by atoms with E-state index in [1.165, 1.54) is 32.1 Å². The third-order valence-electron chi connectivity index (χ3n) is 8.83. The fraction of sp³-hybridized carbons (Fsp3) is 0.586. The number of carbonyl (C=O) groups is 1. The summed E-state index contributed by atoms with van der Waals surface area (Å²) in [6.07, 6.45) is 14.0. The minimum Gasteiger partial charge on any atom is -0.490 e. The molecule has 1 heterocycles. The number of carbonyl (C=O) groups excluding carboxylic acids is 1. The van der Waals surface area contributed by atoms with E-state index in [4.69, 9.17) is 9.47 Å². The summed E-state index contributed by atoms with van der Waals surface area (Å²) in [4.78, 5) is 17.3. The lowest BCUT2D eigenvalue weighted by Crippen LogP contribution is -2.41. The van der Waals surface area contributed by atoms with Crippen molar-refractivity contribution in [2.75, 3.05) is 0 Å². The summed E-state index contributed by atoms with van der Waals surface area (Å²) in [5.74, 6) is 4.98. The van der Waals surface area contributed by atoms with Crippen LogP contribution in [0.1, 0.15) is 74.6 Å². The van der Waals surface area contributed by atoms with Crippen LogP contribution in [0.15, 0.2) is 48.7 Å². The van der Waals surface area contributed by atoms with Crippen LogP contribution in [0.25, 0.3) is 0 Å². The second-order valence-corrected chi connectivity index (χ2v) is 11.1. The maximum absolute atomic E-state index is 13.0. The Morgan fingerprint density at radius 3 is 2.32 bits per heavy atom. The van der Waals surface area contributed by atoms with Gasteiger partial charge in [-0.3, -0.25) is 4.79 Å². The van der Waals surface area contributed by atoms with Crippen LogP contribution in [0.4, 0.5) is 0 Å². The van der Waals surface area contributed by atoms with Gasteiger partial charge >= 0.3 is 0 Å². The molecule has 0 spiro atoms. The molecule has 0 radical (unpaired) electrons. The van der Waals surface area contributed by atoms with Crippen molar-refractivity contribution in [3.8, 4) is 11.6 Å². The average Bonchev–Trinajstić information content (AvgIpc) is 3.11. The number of pyridine rings is 1. The molecule has 180 valence electrons. The predicted molar refractivity (Wildman–Crippen MR) is 131 cm³/mol. The first-order valence-electron chi connectivity index (χ1n) is 13.3. The van der Waals surface area contributed by atoms with E-state index < -0.39 is 0 Å². The van der Waals surface area contributed by atoms with E-state index >= 15 is 0 Å². The molecule has 4 aliphatic rings. The van der Waals surface area contributed by atoms with Gasteiger partial charge in [0.1, 0.15) is 11.9 Å². The van der Waals surface area contributed by atoms with Gasteiger partial charge in [0.25, 0.3) is 5.91 Å². The Labute approximate surface area is 202 Å². The summed E-state index contributed by atoms with van der Waals surface area (Å²) in [5.41, 5.74) is 0.740. The second-order valence-electron chi connectivity index (χ2n) is 11.1. The summed E-state index contributed by atoms with van der Waals surface area (Å²) in [6.45, 7) is 0. The van der Waals surface area contributed by atoms with Crippen molar-refractivity contribution in [2.24, 2.45) is 23.7 Å². The van der Waals surface area contributed by atoms with Crippen molar-refractivity contribution in [3.63, 3.8) is 0 Å². The molecule has 4 fully saturated rings. The smallest absolute Gasteiger partial charge is 0.251 e. The zero-order chi connectivity index (χ0) is 22.9. The lowest BCUT2D eigenvalue weighted by atomic mass is 9.80. The van der Waals surface area contributed by atoms with E-state index in [0.717, 1.165) is 61.2 Å². The second kappa shape index (κ2) is 9.59. The molecule has 6 rings (SSSR count). The van der Waals surface area contributed by atoms with Crippen molar-refractivity contribution < 1.29 is 14.3 Å². The molecular weight excluding hydrogens is 424 g/mol. The van der Waals surface area contributed by atoms with Crippen molar-refractivity contribution in [1.29, 1.82) is 0 Å². The quantitative estimate of drug-likeness (QED) is 0.592. The van der Waals surface area contributed by atoms with E-state index in [9.17, 15) is 4.79 Å². The monoisotopic (exact) mass is 460 g/mol. The van der Waals surface area contributed by atoms with Crippen molar-refractivity contribution >= 4 is 5.91 Å². The highest BCUT2D eigenvalue weighted by Gasteiger charge is 2.46. The Hall–Kier alpha value is -2.56. The molecule has 5 heteroatoms. The molecule has 0 saturated heterocycles. The number of rotatable bonds is 6. The predicted octanol–water partition coefficient (Wildman–Crippen LogP) is 5.80. The van der Waals surface area contributed by atoms with Gasteiger partial charge in [0, 0.05) is 23.9 Å². The van der Waals surface area contributed by atoms with Gasteiger partial charge in [0.2, 0.25) is 5.88 Å². The Morgan fingerprint density at radius 1 is 0.794 bits per heavy atom. The van der Waals surface area contributed by atoms with E-state index in [1.54, 1.807) is 6.20 Å². The van der Waals surface area contributed by atoms with Crippen LogP contribution in [0.5, 0.6) is 11.6 Å². The third-order valence-corrected chi connectivity index (χ3v) is 8.83. The molecule has 0 aliphatic heterocycles. The molecule has 1 N–H and O–H groups in total. The number of nitrogens with one attached hydrogen (secondary N) is 1. The molecule has 1 aromatic carbocycles. The highest BCUT2D eigenvalue weighted by atomic mass is 16.5. The topological polar surface area (TPSA) is 60.5 Å². The number of benzene rings is 1. The van der Waals surface area contributed by atoms with E-state index in [1.807, 2.05) is 42.5 Å². The molecule has 34 heavy (non-hydrogen) atoms. The molecular formula is C29H36N2O3. The Kier molecular flexibility index (Phi) is 6.19. The minimum atomic E-state index is 0.0740. The van der Waals surface area contributed by atoms with Gasteiger partial charge in [-0.25, -0.2) is 4.98 Å². The Bertz CT molecular complexity index is 971. The standard InChI is InChI=1S/C29H36N2O3/c32-29(31-27-13-4-19-15-20-17-22(16-19)26(27)18-20)21-5-7-23(8-6-21)33-24-9-11-25(12-10-24)34-28-3-1-2-14-30-28/h1-3,5-8,14,19-20,22,24-27H,4,9-13,15-18H2,(H,31,32). The summed E-state index contributed by atoms with van der Waals surface area (Å²) < 4.78 is 12.2. The largest absolute Gasteiger partial charge is 0.490 e. The van der Waals surface area contributed by atoms with Gasteiger partial charge in [0.05, 0.1) is 6.10 Å². The molecule has 5 atom stereocenters. The van der Waals surface area contributed by atoms with Crippen molar-refractivity contribution in [3.05, 3.63) is 54.2 Å².